The fourth-order valence-electron chi connectivity index (χ4n) is 1.65. The van der Waals surface area contributed by atoms with Gasteiger partial charge in [-0.05, 0) is 47.3 Å². The van der Waals surface area contributed by atoms with E-state index < -0.39 is 0 Å². The molecule has 0 aliphatic heterocycles. The normalized spacial score (nSPS) is 15.6. The highest BCUT2D eigenvalue weighted by atomic mass is 79.9. The van der Waals surface area contributed by atoms with Crippen molar-refractivity contribution in [2.45, 2.75) is 46.2 Å². The molecule has 0 saturated carbocycles. The van der Waals surface area contributed by atoms with Crippen molar-refractivity contribution < 1.29 is 0 Å². The predicted octanol–water partition coefficient (Wildman–Crippen LogP) is 4.08. The Bertz CT molecular complexity index is 296. The van der Waals surface area contributed by atoms with Gasteiger partial charge in [-0.25, -0.2) is 0 Å². The quantitative estimate of drug-likeness (QED) is 0.861. The Balaban J connectivity index is 2.44. The minimum absolute atomic E-state index is 0.567. The molecule has 0 saturated heterocycles. The van der Waals surface area contributed by atoms with E-state index in [-0.39, 0.29) is 0 Å². The predicted molar refractivity (Wildman–Crippen MR) is 72.6 cm³/mol. The average molecular weight is 290 g/mol. The highest BCUT2D eigenvalue weighted by molar-refractivity contribution is 9.11. The summed E-state index contributed by atoms with van der Waals surface area (Å²) in [6, 6.07) is 5.49. The van der Waals surface area contributed by atoms with Gasteiger partial charge in [-0.15, -0.1) is 11.3 Å². The van der Waals surface area contributed by atoms with Gasteiger partial charge in [0.15, 0.2) is 0 Å². The Labute approximate surface area is 105 Å². The molecule has 86 valence electrons. The third-order valence-electron chi connectivity index (χ3n) is 2.60. The Hall–Kier alpha value is 0.140. The molecule has 0 spiro atoms. The van der Waals surface area contributed by atoms with Crippen LogP contribution in [0.15, 0.2) is 15.9 Å². The summed E-state index contributed by atoms with van der Waals surface area (Å²) < 4.78 is 1.23. The first-order chi connectivity index (χ1) is 6.99. The zero-order valence-electron chi connectivity index (χ0n) is 9.88. The van der Waals surface area contributed by atoms with E-state index in [1.807, 2.05) is 11.3 Å². The van der Waals surface area contributed by atoms with Crippen LogP contribution in [0.2, 0.25) is 0 Å². The summed E-state index contributed by atoms with van der Waals surface area (Å²) in [7, 11) is 0. The molecule has 1 nitrogen and oxygen atoms in total. The summed E-state index contributed by atoms with van der Waals surface area (Å²) in [6.45, 7) is 8.98. The monoisotopic (exact) mass is 289 g/mol. The topological polar surface area (TPSA) is 12.0 Å². The third kappa shape index (κ3) is 4.66. The van der Waals surface area contributed by atoms with Crippen LogP contribution in [0.4, 0.5) is 0 Å². The largest absolute Gasteiger partial charge is 0.312 e. The van der Waals surface area contributed by atoms with E-state index in [0.717, 1.165) is 6.42 Å². The number of halogens is 1. The Morgan fingerprint density at radius 1 is 1.27 bits per heavy atom. The molecule has 0 fully saturated rings. The number of nitrogens with one attached hydrogen (secondary N) is 1. The second kappa shape index (κ2) is 6.02. The standard InChI is InChI=1S/C12H20BrNS/c1-8(2)14-10(4)9(3)7-11-5-6-12(13)15-11/h5-6,8-10,14H,7H2,1-4H3. The van der Waals surface area contributed by atoms with Gasteiger partial charge in [-0.1, -0.05) is 20.8 Å². The molecule has 0 aromatic carbocycles. The highest BCUT2D eigenvalue weighted by Crippen LogP contribution is 2.25. The molecule has 0 bridgehead atoms. The molecule has 0 aliphatic rings. The third-order valence-corrected chi connectivity index (χ3v) is 4.25. The molecule has 2 atom stereocenters. The molecule has 15 heavy (non-hydrogen) atoms. The van der Waals surface area contributed by atoms with Crippen molar-refractivity contribution in [3.05, 3.63) is 20.8 Å². The van der Waals surface area contributed by atoms with Crippen LogP contribution in [0.3, 0.4) is 0 Å². The number of hydrogen-bond donors (Lipinski definition) is 1. The minimum Gasteiger partial charge on any atom is -0.312 e. The van der Waals surface area contributed by atoms with Crippen molar-refractivity contribution in [2.75, 3.05) is 0 Å². The van der Waals surface area contributed by atoms with Crippen LogP contribution < -0.4 is 5.32 Å². The zero-order chi connectivity index (χ0) is 11.4. The molecule has 1 heterocycles. The van der Waals surface area contributed by atoms with Crippen LogP contribution in [0.25, 0.3) is 0 Å². The minimum atomic E-state index is 0.567. The fourth-order valence-corrected chi connectivity index (χ4v) is 3.27. The van der Waals surface area contributed by atoms with Crippen molar-refractivity contribution in [2.24, 2.45) is 5.92 Å². The maximum absolute atomic E-state index is 3.56. The summed E-state index contributed by atoms with van der Waals surface area (Å²) in [5.74, 6) is 0.679. The zero-order valence-corrected chi connectivity index (χ0v) is 12.3. The van der Waals surface area contributed by atoms with Gasteiger partial charge >= 0.3 is 0 Å². The van der Waals surface area contributed by atoms with Crippen LogP contribution in [0, 0.1) is 5.92 Å². The second-order valence-electron chi connectivity index (χ2n) is 4.50. The van der Waals surface area contributed by atoms with Gasteiger partial charge in [0, 0.05) is 17.0 Å². The van der Waals surface area contributed by atoms with E-state index in [1.165, 1.54) is 8.66 Å². The number of hydrogen-bond acceptors (Lipinski definition) is 2. The maximum Gasteiger partial charge on any atom is 0.0701 e. The molecule has 2 unspecified atom stereocenters. The molecule has 1 aromatic heterocycles. The Morgan fingerprint density at radius 2 is 1.93 bits per heavy atom. The van der Waals surface area contributed by atoms with Crippen LogP contribution in [0.5, 0.6) is 0 Å². The van der Waals surface area contributed by atoms with E-state index >= 15 is 0 Å². The lowest BCUT2D eigenvalue weighted by Gasteiger charge is -2.23. The number of thiophene rings is 1. The Kier molecular flexibility index (Phi) is 5.30. The summed E-state index contributed by atoms with van der Waals surface area (Å²) in [5.41, 5.74) is 0. The van der Waals surface area contributed by atoms with E-state index in [4.69, 9.17) is 0 Å². The van der Waals surface area contributed by atoms with Gasteiger partial charge in [-0.2, -0.15) is 0 Å². The lowest BCUT2D eigenvalue weighted by molar-refractivity contribution is 0.373. The first-order valence-electron chi connectivity index (χ1n) is 5.49. The van der Waals surface area contributed by atoms with Gasteiger partial charge < -0.3 is 5.32 Å². The summed E-state index contributed by atoms with van der Waals surface area (Å²) in [5, 5.41) is 3.56. The average Bonchev–Trinajstić information content (AvgIpc) is 2.50. The van der Waals surface area contributed by atoms with Gasteiger partial charge in [0.05, 0.1) is 3.79 Å². The van der Waals surface area contributed by atoms with Crippen LogP contribution in [0.1, 0.15) is 32.6 Å². The van der Waals surface area contributed by atoms with Crippen molar-refractivity contribution in [1.29, 1.82) is 0 Å². The lowest BCUT2D eigenvalue weighted by Crippen LogP contribution is -2.37. The van der Waals surface area contributed by atoms with Crippen LogP contribution in [-0.4, -0.2) is 12.1 Å². The van der Waals surface area contributed by atoms with E-state index in [2.05, 4.69) is 61.1 Å². The molecule has 0 radical (unpaired) electrons. The van der Waals surface area contributed by atoms with Crippen LogP contribution in [-0.2, 0) is 6.42 Å². The van der Waals surface area contributed by atoms with Gasteiger partial charge in [0.1, 0.15) is 0 Å². The molecule has 0 aliphatic carbocycles. The lowest BCUT2D eigenvalue weighted by atomic mass is 9.98. The van der Waals surface area contributed by atoms with Gasteiger partial charge in [0.2, 0.25) is 0 Å². The highest BCUT2D eigenvalue weighted by Gasteiger charge is 2.14. The van der Waals surface area contributed by atoms with E-state index in [9.17, 15) is 0 Å². The molecule has 1 rings (SSSR count). The molecule has 1 N–H and O–H groups in total. The molecular formula is C12H20BrNS. The van der Waals surface area contributed by atoms with Crippen molar-refractivity contribution in [3.63, 3.8) is 0 Å². The molecule has 0 amide bonds. The van der Waals surface area contributed by atoms with E-state index in [1.54, 1.807) is 0 Å². The maximum atomic E-state index is 3.56. The Morgan fingerprint density at radius 3 is 2.40 bits per heavy atom. The molecule has 3 heteroatoms. The van der Waals surface area contributed by atoms with Gasteiger partial charge in [0.25, 0.3) is 0 Å². The number of rotatable bonds is 5. The van der Waals surface area contributed by atoms with Crippen molar-refractivity contribution in [3.8, 4) is 0 Å². The molecule has 1 aromatic rings. The first-order valence-corrected chi connectivity index (χ1v) is 7.10. The summed E-state index contributed by atoms with van der Waals surface area (Å²) in [4.78, 5) is 1.46. The SMILES string of the molecule is CC(C)NC(C)C(C)Cc1ccc(Br)s1. The van der Waals surface area contributed by atoms with Crippen molar-refractivity contribution in [1.82, 2.24) is 5.32 Å². The fraction of sp³-hybridized carbons (Fsp3) is 0.667. The molecular weight excluding hydrogens is 270 g/mol. The smallest absolute Gasteiger partial charge is 0.0701 e. The second-order valence-corrected chi connectivity index (χ2v) is 7.04. The van der Waals surface area contributed by atoms with Gasteiger partial charge in [-0.3, -0.25) is 0 Å². The summed E-state index contributed by atoms with van der Waals surface area (Å²) in [6.07, 6.45) is 1.16. The van der Waals surface area contributed by atoms with Crippen LogP contribution >= 0.6 is 27.3 Å². The van der Waals surface area contributed by atoms with Crippen molar-refractivity contribution >= 4 is 27.3 Å². The summed E-state index contributed by atoms with van der Waals surface area (Å²) >= 11 is 5.34. The first kappa shape index (κ1) is 13.2. The van der Waals surface area contributed by atoms with E-state index in [0.29, 0.717) is 18.0 Å².